The van der Waals surface area contributed by atoms with Crippen LogP contribution in [0.15, 0.2) is 54.9 Å². The number of aromatic amines is 1. The van der Waals surface area contributed by atoms with Crippen molar-refractivity contribution in [1.29, 1.82) is 0 Å². The van der Waals surface area contributed by atoms with Crippen LogP contribution in [0.1, 0.15) is 23.6 Å². The van der Waals surface area contributed by atoms with Gasteiger partial charge in [-0.1, -0.05) is 42.5 Å². The second-order valence-electron chi connectivity index (χ2n) is 5.04. The Balaban J connectivity index is 1.85. The molecule has 0 aliphatic carbocycles. The summed E-state index contributed by atoms with van der Waals surface area (Å²) in [6.45, 7) is 0.694. The van der Waals surface area contributed by atoms with Gasteiger partial charge in [0.25, 0.3) is 0 Å². The molecule has 1 unspecified atom stereocenters. The van der Waals surface area contributed by atoms with Crippen LogP contribution in [0.2, 0.25) is 0 Å². The van der Waals surface area contributed by atoms with Crippen molar-refractivity contribution < 1.29 is 5.11 Å². The van der Waals surface area contributed by atoms with Crippen molar-refractivity contribution in [2.45, 2.75) is 18.9 Å². The number of rotatable bonds is 5. The van der Waals surface area contributed by atoms with Crippen LogP contribution in [0.4, 0.5) is 0 Å². The van der Waals surface area contributed by atoms with E-state index < -0.39 is 0 Å². The Kier molecular flexibility index (Phi) is 4.29. The fraction of sp³-hybridized carbons (Fsp3) is 0.188. The van der Waals surface area contributed by atoms with E-state index in [-0.39, 0.29) is 11.7 Å². The Labute approximate surface area is 133 Å². The van der Waals surface area contributed by atoms with E-state index in [0.29, 0.717) is 11.2 Å². The molecule has 1 atom stereocenters. The van der Waals surface area contributed by atoms with E-state index in [1.807, 2.05) is 29.0 Å². The molecule has 2 heterocycles. The Hall–Kier alpha value is -2.47. The third-order valence-corrected chi connectivity index (χ3v) is 4.10. The summed E-state index contributed by atoms with van der Waals surface area (Å²) in [5.41, 5.74) is 2.08. The molecule has 3 aromatic rings. The zero-order valence-electron chi connectivity index (χ0n) is 11.9. The molecule has 1 aromatic carbocycles. The highest BCUT2D eigenvalue weighted by atomic mass is 32.1. The lowest BCUT2D eigenvalue weighted by Crippen LogP contribution is -2.08. The molecular weight excluding hydrogens is 296 g/mol. The minimum Gasteiger partial charge on any atom is -0.505 e. The molecule has 0 radical (unpaired) electrons. The highest BCUT2D eigenvalue weighted by Crippen LogP contribution is 2.26. The van der Waals surface area contributed by atoms with E-state index in [1.54, 1.807) is 18.3 Å². The number of aromatic nitrogens is 4. The minimum atomic E-state index is 0.129. The largest absolute Gasteiger partial charge is 0.505 e. The number of aryl methyl sites for hydroxylation is 1. The van der Waals surface area contributed by atoms with Gasteiger partial charge in [-0.15, -0.1) is 0 Å². The lowest BCUT2D eigenvalue weighted by Gasteiger charge is -2.16. The summed E-state index contributed by atoms with van der Waals surface area (Å²) < 4.78 is 2.33. The fourth-order valence-electron chi connectivity index (χ4n) is 2.52. The van der Waals surface area contributed by atoms with Crippen LogP contribution in [0.5, 0.6) is 5.75 Å². The molecule has 3 rings (SSSR count). The number of hydrogen-bond donors (Lipinski definition) is 2. The topological polar surface area (TPSA) is 66.7 Å². The average molecular weight is 312 g/mol. The molecule has 0 fully saturated rings. The van der Waals surface area contributed by atoms with Gasteiger partial charge in [-0.05, 0) is 24.1 Å². The SMILES string of the molecule is Oc1cccn(CCC(c2ccccc2)c2cn[nH]n2)c1=S. The molecule has 0 amide bonds. The first-order valence-corrected chi connectivity index (χ1v) is 7.45. The predicted molar refractivity (Wildman–Crippen MR) is 86.2 cm³/mol. The summed E-state index contributed by atoms with van der Waals surface area (Å²) in [7, 11) is 0. The zero-order valence-corrected chi connectivity index (χ0v) is 12.7. The van der Waals surface area contributed by atoms with E-state index in [2.05, 4.69) is 27.5 Å². The minimum absolute atomic E-state index is 0.129. The van der Waals surface area contributed by atoms with Crippen LogP contribution in [0.25, 0.3) is 0 Å². The number of benzene rings is 1. The van der Waals surface area contributed by atoms with Crippen molar-refractivity contribution in [2.24, 2.45) is 0 Å². The average Bonchev–Trinajstić information content (AvgIpc) is 3.07. The second kappa shape index (κ2) is 6.53. The highest BCUT2D eigenvalue weighted by molar-refractivity contribution is 7.71. The van der Waals surface area contributed by atoms with Crippen LogP contribution in [0.3, 0.4) is 0 Å². The molecule has 0 saturated carbocycles. The normalized spacial score (nSPS) is 12.2. The Bertz CT molecular complexity index is 783. The molecule has 0 saturated heterocycles. The van der Waals surface area contributed by atoms with E-state index in [1.165, 1.54) is 5.56 Å². The highest BCUT2D eigenvalue weighted by Gasteiger charge is 2.16. The van der Waals surface area contributed by atoms with Gasteiger partial charge in [0.2, 0.25) is 0 Å². The molecule has 0 aliphatic heterocycles. The summed E-state index contributed by atoms with van der Waals surface area (Å²) in [6.07, 6.45) is 4.45. The number of pyridine rings is 1. The third-order valence-electron chi connectivity index (χ3n) is 3.65. The van der Waals surface area contributed by atoms with Gasteiger partial charge >= 0.3 is 0 Å². The Morgan fingerprint density at radius 2 is 2.00 bits per heavy atom. The molecule has 22 heavy (non-hydrogen) atoms. The first-order valence-electron chi connectivity index (χ1n) is 7.05. The molecule has 2 aromatic heterocycles. The lowest BCUT2D eigenvalue weighted by molar-refractivity contribution is 0.459. The van der Waals surface area contributed by atoms with Crippen molar-refractivity contribution in [3.63, 3.8) is 0 Å². The van der Waals surface area contributed by atoms with Crippen molar-refractivity contribution >= 4 is 12.2 Å². The lowest BCUT2D eigenvalue weighted by atomic mass is 9.93. The fourth-order valence-corrected chi connectivity index (χ4v) is 2.74. The number of hydrogen-bond acceptors (Lipinski definition) is 4. The van der Waals surface area contributed by atoms with Gasteiger partial charge in [-0.25, -0.2) is 0 Å². The monoisotopic (exact) mass is 312 g/mol. The smallest absolute Gasteiger partial charge is 0.150 e. The molecule has 0 aliphatic rings. The maximum Gasteiger partial charge on any atom is 0.150 e. The zero-order chi connectivity index (χ0) is 15.4. The molecule has 0 bridgehead atoms. The van der Waals surface area contributed by atoms with E-state index in [4.69, 9.17) is 12.2 Å². The summed E-state index contributed by atoms with van der Waals surface area (Å²) in [5.74, 6) is 0.263. The predicted octanol–water partition coefficient (Wildman–Crippen LogP) is 3.26. The summed E-state index contributed by atoms with van der Waals surface area (Å²) in [4.78, 5) is 0. The maximum atomic E-state index is 9.71. The molecular formula is C16H16N4OS. The van der Waals surface area contributed by atoms with Crippen LogP contribution in [-0.4, -0.2) is 25.1 Å². The van der Waals surface area contributed by atoms with Crippen molar-refractivity contribution in [2.75, 3.05) is 0 Å². The van der Waals surface area contributed by atoms with E-state index >= 15 is 0 Å². The maximum absolute atomic E-state index is 9.71. The number of nitrogens with zero attached hydrogens (tertiary/aromatic N) is 3. The summed E-state index contributed by atoms with van der Waals surface area (Å²) in [6, 6.07) is 13.6. The molecule has 112 valence electrons. The second-order valence-corrected chi connectivity index (χ2v) is 5.43. The van der Waals surface area contributed by atoms with Crippen LogP contribution in [-0.2, 0) is 6.54 Å². The first-order chi connectivity index (χ1) is 10.8. The van der Waals surface area contributed by atoms with Gasteiger partial charge < -0.3 is 9.67 Å². The number of H-pyrrole nitrogens is 1. The van der Waals surface area contributed by atoms with Crippen LogP contribution < -0.4 is 0 Å². The molecule has 6 heteroatoms. The Morgan fingerprint density at radius 3 is 2.73 bits per heavy atom. The van der Waals surface area contributed by atoms with E-state index in [0.717, 1.165) is 12.1 Å². The van der Waals surface area contributed by atoms with E-state index in [9.17, 15) is 5.11 Å². The Morgan fingerprint density at radius 1 is 1.18 bits per heavy atom. The molecule has 5 nitrogen and oxygen atoms in total. The van der Waals surface area contributed by atoms with Crippen molar-refractivity contribution in [3.05, 3.63) is 70.8 Å². The van der Waals surface area contributed by atoms with Gasteiger partial charge in [0, 0.05) is 18.7 Å². The van der Waals surface area contributed by atoms with Crippen LogP contribution in [0, 0.1) is 4.64 Å². The van der Waals surface area contributed by atoms with Crippen molar-refractivity contribution in [3.8, 4) is 5.75 Å². The van der Waals surface area contributed by atoms with Gasteiger partial charge in [0.15, 0.2) is 0 Å². The quantitative estimate of drug-likeness (QED) is 0.710. The third kappa shape index (κ3) is 3.07. The first kappa shape index (κ1) is 14.5. The summed E-state index contributed by atoms with van der Waals surface area (Å²) in [5, 5.41) is 20.5. The van der Waals surface area contributed by atoms with Gasteiger partial charge in [0.1, 0.15) is 10.4 Å². The van der Waals surface area contributed by atoms with Gasteiger partial charge in [-0.3, -0.25) is 0 Å². The standard InChI is InChI=1S/C16H16N4OS/c21-15-7-4-9-20(16(15)22)10-8-13(14-11-17-19-18-14)12-5-2-1-3-6-12/h1-7,9,11,13,21H,8,10H2,(H,17,18,19). The molecule has 2 N–H and O–H groups in total. The number of nitrogens with one attached hydrogen (secondary N) is 1. The van der Waals surface area contributed by atoms with Crippen LogP contribution >= 0.6 is 12.2 Å². The summed E-state index contributed by atoms with van der Waals surface area (Å²) >= 11 is 5.24. The van der Waals surface area contributed by atoms with Gasteiger partial charge in [0.05, 0.1) is 11.9 Å². The van der Waals surface area contributed by atoms with Gasteiger partial charge in [-0.2, -0.15) is 15.4 Å². The molecule has 0 spiro atoms. The van der Waals surface area contributed by atoms with Crippen molar-refractivity contribution in [1.82, 2.24) is 20.0 Å². The number of aromatic hydroxyl groups is 1.